The number of cyclic esters (lactones) is 1. The van der Waals surface area contributed by atoms with Crippen LogP contribution in [0.1, 0.15) is 126 Å². The van der Waals surface area contributed by atoms with Crippen LogP contribution in [0.25, 0.3) is 11.1 Å². The van der Waals surface area contributed by atoms with E-state index in [1.165, 1.54) is 61.6 Å². The van der Waals surface area contributed by atoms with Crippen LogP contribution in [0.5, 0.6) is 0 Å². The van der Waals surface area contributed by atoms with Crippen LogP contribution >= 0.6 is 23.2 Å². The van der Waals surface area contributed by atoms with Crippen LogP contribution < -0.4 is 16.0 Å². The fourth-order valence-corrected chi connectivity index (χ4v) is 12.2. The molecule has 4 N–H and O–H groups in total. The first-order valence-corrected chi connectivity index (χ1v) is 31.3. The van der Waals surface area contributed by atoms with Gasteiger partial charge in [-0.15, -0.1) is 0 Å². The highest BCUT2D eigenvalue weighted by molar-refractivity contribution is 6.42. The van der Waals surface area contributed by atoms with Crippen molar-refractivity contribution in [2.75, 3.05) is 34.7 Å². The molecule has 0 aliphatic carbocycles. The highest BCUT2D eigenvalue weighted by Gasteiger charge is 2.48. The molecule has 8 amide bonds. The Hall–Kier alpha value is -6.57. The number of benzene rings is 3. The summed E-state index contributed by atoms with van der Waals surface area (Å²) in [6.45, 7) is 20.5. The first-order valence-electron chi connectivity index (χ1n) is 30.5. The van der Waals surface area contributed by atoms with E-state index in [2.05, 4.69) is 16.0 Å². The summed E-state index contributed by atoms with van der Waals surface area (Å²) in [5, 5.41) is 21.3. The number of halogens is 2. The Balaban J connectivity index is 1.73. The molecular weight excluding hydrogens is 1150 g/mol. The Morgan fingerprint density at radius 2 is 1.14 bits per heavy atom. The lowest BCUT2D eigenvalue weighted by Gasteiger charge is -2.39. The lowest BCUT2D eigenvalue weighted by atomic mass is 9.93. The van der Waals surface area contributed by atoms with E-state index in [0.29, 0.717) is 40.4 Å². The third-order valence-electron chi connectivity index (χ3n) is 17.1. The van der Waals surface area contributed by atoms with Gasteiger partial charge in [0.25, 0.3) is 5.91 Å². The maximum atomic E-state index is 15.7. The van der Waals surface area contributed by atoms with Crippen molar-refractivity contribution < 1.29 is 53.0 Å². The smallest absolute Gasteiger partial charge is 0.332 e. The van der Waals surface area contributed by atoms with Crippen molar-refractivity contribution >= 4 is 76.4 Å². The summed E-state index contributed by atoms with van der Waals surface area (Å²) >= 11 is 12.8. The largest absolute Gasteiger partial charge is 0.450 e. The zero-order chi connectivity index (χ0) is 65.1. The van der Waals surface area contributed by atoms with Gasteiger partial charge in [0, 0.05) is 53.5 Å². The number of carbonyl (C=O) groups is 9. The Bertz CT molecular complexity index is 2940. The normalized spacial score (nSPS) is 25.1. The summed E-state index contributed by atoms with van der Waals surface area (Å²) in [5.41, 5.74) is 0.798. The second kappa shape index (κ2) is 31.1. The molecule has 0 saturated carbocycles. The van der Waals surface area contributed by atoms with E-state index < -0.39 is 137 Å². The van der Waals surface area contributed by atoms with E-state index in [1.54, 1.807) is 84.9 Å². The average molecular weight is 1250 g/mol. The number of carbonyl (C=O) groups excluding carboxylic acids is 9. The molecule has 0 aromatic heterocycles. The molecule has 2 saturated heterocycles. The van der Waals surface area contributed by atoms with E-state index in [1.807, 2.05) is 57.2 Å². The topological polar surface area (TPSA) is 235 Å². The molecular formula is C66H94Cl2N8O11. The summed E-state index contributed by atoms with van der Waals surface area (Å²) in [4.78, 5) is 142. The third-order valence-corrected chi connectivity index (χ3v) is 17.9. The SMILES string of the molecule is CC[C@H](C)[C@@H]1NC(=O)[C@@H]2CCCN2C(=O)[C@H](Cc2cccc(-c3ccc(Cl)c(Cl)c3)c2)N(C)C(=O)[C@H](Cc2ccccc2)NC(=O)[C@H](C(C)C)N(C)C(=O)[C@@H]([C@@H](C)CC)OC(=O)[C@H](C(C)(C)O)N(C)C(=O)[C@H](CC(C)C)NC(=O)[C@H](C(C)C)N(C)C1=O. The second-order valence-electron chi connectivity index (χ2n) is 25.5. The van der Waals surface area contributed by atoms with Crippen LogP contribution in [-0.4, -0.2) is 178 Å². The lowest BCUT2D eigenvalue weighted by molar-refractivity contribution is -0.177. The number of rotatable bonds is 14. The quantitative estimate of drug-likeness (QED) is 0.117. The van der Waals surface area contributed by atoms with Crippen LogP contribution in [0, 0.1) is 29.6 Å². The summed E-state index contributed by atoms with van der Waals surface area (Å²) in [7, 11) is 5.64. The number of ether oxygens (including phenoxy) is 1. The number of aliphatic hydroxyl groups is 1. The van der Waals surface area contributed by atoms with Gasteiger partial charge < -0.3 is 50.3 Å². The number of hydrogen-bond acceptors (Lipinski definition) is 11. The zero-order valence-corrected chi connectivity index (χ0v) is 55.2. The highest BCUT2D eigenvalue weighted by atomic mass is 35.5. The van der Waals surface area contributed by atoms with Crippen molar-refractivity contribution in [3.63, 3.8) is 0 Å². The number of likely N-dealkylation sites (N-methyl/N-ethyl adjacent to an activating group) is 4. The van der Waals surface area contributed by atoms with Gasteiger partial charge in [-0.1, -0.05) is 160 Å². The Morgan fingerprint density at radius 3 is 1.69 bits per heavy atom. The van der Waals surface area contributed by atoms with Gasteiger partial charge in [-0.05, 0) is 97.6 Å². The molecule has 2 aliphatic heterocycles. The minimum Gasteiger partial charge on any atom is -0.450 e. The van der Waals surface area contributed by atoms with Crippen molar-refractivity contribution in [1.82, 2.24) is 40.4 Å². The molecule has 5 rings (SSSR count). The van der Waals surface area contributed by atoms with E-state index in [4.69, 9.17) is 27.9 Å². The van der Waals surface area contributed by atoms with Crippen LogP contribution in [0.15, 0.2) is 72.8 Å². The van der Waals surface area contributed by atoms with E-state index >= 15 is 24.0 Å². The van der Waals surface area contributed by atoms with Crippen molar-refractivity contribution in [1.29, 1.82) is 0 Å². The molecule has 11 atom stereocenters. The Labute approximate surface area is 524 Å². The van der Waals surface area contributed by atoms with Crippen LogP contribution in [0.4, 0.5) is 0 Å². The summed E-state index contributed by atoms with van der Waals surface area (Å²) in [5.74, 6) is -9.00. The van der Waals surface area contributed by atoms with Crippen LogP contribution in [-0.2, 0) is 60.7 Å². The maximum absolute atomic E-state index is 15.7. The van der Waals surface area contributed by atoms with Gasteiger partial charge in [-0.25, -0.2) is 4.79 Å². The molecule has 21 heteroatoms. The molecule has 87 heavy (non-hydrogen) atoms. The first kappa shape index (κ1) is 71.2. The van der Waals surface area contributed by atoms with E-state index in [0.717, 1.165) is 16.0 Å². The number of esters is 1. The number of fused-ring (bicyclic) bond motifs is 1. The van der Waals surface area contributed by atoms with Gasteiger partial charge in [-0.3, -0.25) is 38.4 Å². The van der Waals surface area contributed by atoms with Crippen molar-refractivity contribution in [3.8, 4) is 11.1 Å². The third kappa shape index (κ3) is 17.6. The molecule has 19 nitrogen and oxygen atoms in total. The van der Waals surface area contributed by atoms with E-state index in [9.17, 15) is 24.3 Å². The average Bonchev–Trinajstić information content (AvgIpc) is 2.68. The standard InChI is InChI=1S/C66H94Cl2N8O11/c1-17-40(9)52-63(83)73(14)53(38(5)6)58(78)69-48(32-37(3)4)61(81)75(16)56(66(11,12)86)65(85)87-55(41(10)18-2)64(84)74(15)54(39(7)8)59(79)70-49(34-42-24-20-19-21-25-42)60(80)72(13)51(62(82)76-31-23-28-50(76)57(77)71-52)35-43-26-22-27-44(33-43)45-29-30-46(67)47(68)36-45/h19-22,24-27,29-30,33,36-41,48-56,86H,17-18,23,28,31-32,34-35H2,1-16H3,(H,69,78)(H,70,79)(H,71,77)/t40-,41-,48-,49-,50-,51-,52-,53-,54-,55+,56+/m0/s1. The van der Waals surface area contributed by atoms with E-state index in [-0.39, 0.29) is 38.1 Å². The summed E-state index contributed by atoms with van der Waals surface area (Å²) < 4.78 is 6.12. The monoisotopic (exact) mass is 1240 g/mol. The Morgan fingerprint density at radius 1 is 0.586 bits per heavy atom. The molecule has 0 spiro atoms. The fraction of sp³-hybridized carbons (Fsp3) is 0.591. The Kier molecular flexibility index (Phi) is 25.4. The molecule has 3 aromatic rings. The van der Waals surface area contributed by atoms with Gasteiger partial charge in [0.15, 0.2) is 12.1 Å². The number of hydrogen-bond donors (Lipinski definition) is 4. The number of amides is 8. The predicted molar refractivity (Wildman–Crippen MR) is 337 cm³/mol. The van der Waals surface area contributed by atoms with Crippen LogP contribution in [0.3, 0.4) is 0 Å². The minimum atomic E-state index is -1.99. The molecule has 2 heterocycles. The summed E-state index contributed by atoms with van der Waals surface area (Å²) in [6.07, 6.45) is -0.203. The minimum absolute atomic E-state index is 0.0470. The molecule has 0 radical (unpaired) electrons. The summed E-state index contributed by atoms with van der Waals surface area (Å²) in [6, 6.07) is 11.2. The highest BCUT2D eigenvalue weighted by Crippen LogP contribution is 2.31. The molecule has 2 aliphatic rings. The lowest BCUT2D eigenvalue weighted by Crippen LogP contribution is -2.63. The molecule has 3 aromatic carbocycles. The predicted octanol–water partition coefficient (Wildman–Crippen LogP) is 7.35. The van der Waals surface area contributed by atoms with Gasteiger partial charge >= 0.3 is 5.97 Å². The number of nitrogens with one attached hydrogen (secondary N) is 3. The second-order valence-corrected chi connectivity index (χ2v) is 26.3. The van der Waals surface area contributed by atoms with Crippen molar-refractivity contribution in [3.05, 3.63) is 94.0 Å². The van der Waals surface area contributed by atoms with Crippen LogP contribution in [0.2, 0.25) is 10.0 Å². The maximum Gasteiger partial charge on any atom is 0.332 e. The van der Waals surface area contributed by atoms with Crippen molar-refractivity contribution in [2.24, 2.45) is 29.6 Å². The molecule has 0 bridgehead atoms. The van der Waals surface area contributed by atoms with Crippen molar-refractivity contribution in [2.45, 2.75) is 188 Å². The fourth-order valence-electron chi connectivity index (χ4n) is 11.9. The molecule has 2 fully saturated rings. The van der Waals surface area contributed by atoms with Gasteiger partial charge in [0.05, 0.1) is 15.6 Å². The molecule has 478 valence electrons. The zero-order valence-electron chi connectivity index (χ0n) is 53.7. The number of nitrogens with zero attached hydrogens (tertiary/aromatic N) is 5. The van der Waals surface area contributed by atoms with Gasteiger partial charge in [0.1, 0.15) is 42.3 Å². The van der Waals surface area contributed by atoms with Gasteiger partial charge in [0.2, 0.25) is 41.4 Å². The first-order chi connectivity index (χ1) is 40.7. The van der Waals surface area contributed by atoms with Gasteiger partial charge in [-0.2, -0.15) is 0 Å². The molecule has 0 unspecified atom stereocenters.